The van der Waals surface area contributed by atoms with Gasteiger partial charge in [0.05, 0.1) is 6.54 Å². The van der Waals surface area contributed by atoms with Crippen LogP contribution in [0.1, 0.15) is 17.5 Å². The number of amides is 1. The molecule has 0 fully saturated rings. The fraction of sp³-hybridized carbons (Fsp3) is 0.438. The summed E-state index contributed by atoms with van der Waals surface area (Å²) < 4.78 is 0. The van der Waals surface area contributed by atoms with Crippen LogP contribution in [0.2, 0.25) is 0 Å². The molecule has 0 bridgehead atoms. The smallest absolute Gasteiger partial charge is 0.238 e. The Balaban J connectivity index is 1.96. The Kier molecular flexibility index (Phi) is 4.93. The van der Waals surface area contributed by atoms with E-state index in [2.05, 4.69) is 28.4 Å². The molecular formula is C16H23N3O. The normalized spacial score (nSPS) is 19.1. The molecule has 0 aliphatic carbocycles. The van der Waals surface area contributed by atoms with Crippen molar-refractivity contribution in [2.24, 2.45) is 5.73 Å². The molecule has 0 saturated heterocycles. The average Bonchev–Trinajstić information content (AvgIpc) is 2.42. The van der Waals surface area contributed by atoms with Crippen LogP contribution < -0.4 is 11.1 Å². The SMILES string of the molecule is Cc1ccc(NC(=O)CN2CCC=CC2CN)c(C)c1. The third-order valence-electron chi connectivity index (χ3n) is 3.65. The largest absolute Gasteiger partial charge is 0.329 e. The van der Waals surface area contributed by atoms with Gasteiger partial charge in [-0.3, -0.25) is 9.69 Å². The van der Waals surface area contributed by atoms with E-state index in [-0.39, 0.29) is 11.9 Å². The highest BCUT2D eigenvalue weighted by Gasteiger charge is 2.19. The predicted molar refractivity (Wildman–Crippen MR) is 82.7 cm³/mol. The van der Waals surface area contributed by atoms with Gasteiger partial charge in [-0.2, -0.15) is 0 Å². The Morgan fingerprint density at radius 3 is 2.95 bits per heavy atom. The molecule has 0 saturated carbocycles. The lowest BCUT2D eigenvalue weighted by Gasteiger charge is -2.30. The summed E-state index contributed by atoms with van der Waals surface area (Å²) in [6, 6.07) is 6.21. The summed E-state index contributed by atoms with van der Waals surface area (Å²) in [5.41, 5.74) is 8.91. The Hall–Kier alpha value is -1.65. The number of nitrogens with zero attached hydrogens (tertiary/aromatic N) is 1. The molecule has 1 atom stereocenters. The van der Waals surface area contributed by atoms with Crippen molar-refractivity contribution < 1.29 is 4.79 Å². The first-order chi connectivity index (χ1) is 9.60. The van der Waals surface area contributed by atoms with Crippen LogP contribution in [0.4, 0.5) is 5.69 Å². The van der Waals surface area contributed by atoms with Crippen molar-refractivity contribution in [3.63, 3.8) is 0 Å². The molecule has 0 aromatic heterocycles. The molecule has 1 unspecified atom stereocenters. The minimum atomic E-state index is 0.0192. The van der Waals surface area contributed by atoms with Crippen molar-refractivity contribution >= 4 is 11.6 Å². The number of benzene rings is 1. The number of aryl methyl sites for hydroxylation is 2. The van der Waals surface area contributed by atoms with E-state index >= 15 is 0 Å². The average molecular weight is 273 g/mol. The number of rotatable bonds is 4. The lowest BCUT2D eigenvalue weighted by Crippen LogP contribution is -2.45. The molecule has 0 radical (unpaired) electrons. The maximum Gasteiger partial charge on any atom is 0.238 e. The van der Waals surface area contributed by atoms with E-state index in [1.165, 1.54) is 5.56 Å². The minimum absolute atomic E-state index is 0.0192. The molecule has 20 heavy (non-hydrogen) atoms. The molecule has 2 rings (SSSR count). The van der Waals surface area contributed by atoms with E-state index < -0.39 is 0 Å². The predicted octanol–water partition coefficient (Wildman–Crippen LogP) is 1.83. The first-order valence-corrected chi connectivity index (χ1v) is 7.08. The summed E-state index contributed by atoms with van der Waals surface area (Å²) in [6.45, 7) is 5.88. The molecule has 3 N–H and O–H groups in total. The zero-order valence-corrected chi connectivity index (χ0v) is 12.2. The van der Waals surface area contributed by atoms with Gasteiger partial charge >= 0.3 is 0 Å². The zero-order chi connectivity index (χ0) is 14.5. The third kappa shape index (κ3) is 3.68. The Morgan fingerprint density at radius 2 is 2.25 bits per heavy atom. The quantitative estimate of drug-likeness (QED) is 0.823. The van der Waals surface area contributed by atoms with Crippen molar-refractivity contribution in [1.29, 1.82) is 0 Å². The van der Waals surface area contributed by atoms with Gasteiger partial charge in [0.25, 0.3) is 0 Å². The number of hydrogen-bond acceptors (Lipinski definition) is 3. The molecule has 0 spiro atoms. The molecule has 1 aliphatic rings. The standard InChI is InChI=1S/C16H23N3O/c1-12-6-7-15(13(2)9-12)18-16(20)11-19-8-4-3-5-14(19)10-17/h3,5-7,9,14H,4,8,10-11,17H2,1-2H3,(H,18,20). The first kappa shape index (κ1) is 14.8. The summed E-state index contributed by atoms with van der Waals surface area (Å²) in [6.07, 6.45) is 5.21. The molecule has 4 nitrogen and oxygen atoms in total. The molecule has 1 heterocycles. The molecule has 1 aromatic carbocycles. The van der Waals surface area contributed by atoms with Crippen LogP contribution >= 0.6 is 0 Å². The van der Waals surface area contributed by atoms with Gasteiger partial charge in [0.1, 0.15) is 0 Å². The monoisotopic (exact) mass is 273 g/mol. The minimum Gasteiger partial charge on any atom is -0.329 e. The van der Waals surface area contributed by atoms with E-state index in [1.807, 2.05) is 26.0 Å². The second-order valence-electron chi connectivity index (χ2n) is 5.36. The number of nitrogens with one attached hydrogen (secondary N) is 1. The molecule has 4 heteroatoms. The number of carbonyl (C=O) groups excluding carboxylic acids is 1. The second-order valence-corrected chi connectivity index (χ2v) is 5.36. The van der Waals surface area contributed by atoms with Crippen LogP contribution in [0.15, 0.2) is 30.4 Å². The van der Waals surface area contributed by atoms with Gasteiger partial charge in [0, 0.05) is 24.8 Å². The van der Waals surface area contributed by atoms with Gasteiger partial charge in [-0.1, -0.05) is 29.8 Å². The number of hydrogen-bond donors (Lipinski definition) is 2. The van der Waals surface area contributed by atoms with Crippen LogP contribution in [0, 0.1) is 13.8 Å². The van der Waals surface area contributed by atoms with E-state index in [9.17, 15) is 4.79 Å². The lowest BCUT2D eigenvalue weighted by molar-refractivity contribution is -0.117. The van der Waals surface area contributed by atoms with E-state index in [0.29, 0.717) is 13.1 Å². The van der Waals surface area contributed by atoms with E-state index in [1.54, 1.807) is 0 Å². The van der Waals surface area contributed by atoms with E-state index in [4.69, 9.17) is 5.73 Å². The zero-order valence-electron chi connectivity index (χ0n) is 12.2. The fourth-order valence-electron chi connectivity index (χ4n) is 2.53. The van der Waals surface area contributed by atoms with Crippen LogP contribution in [0.25, 0.3) is 0 Å². The first-order valence-electron chi connectivity index (χ1n) is 7.08. The second kappa shape index (κ2) is 6.68. The van der Waals surface area contributed by atoms with Crippen LogP contribution in [-0.2, 0) is 4.79 Å². The van der Waals surface area contributed by atoms with Gasteiger partial charge < -0.3 is 11.1 Å². The van der Waals surface area contributed by atoms with Gasteiger partial charge in [0.2, 0.25) is 5.91 Å². The van der Waals surface area contributed by atoms with Crippen molar-refractivity contribution in [2.75, 3.05) is 25.0 Å². The summed E-state index contributed by atoms with van der Waals surface area (Å²) in [7, 11) is 0. The van der Waals surface area contributed by atoms with Crippen molar-refractivity contribution in [3.05, 3.63) is 41.5 Å². The van der Waals surface area contributed by atoms with Gasteiger partial charge in [-0.25, -0.2) is 0 Å². The number of nitrogens with two attached hydrogens (primary N) is 1. The highest BCUT2D eigenvalue weighted by molar-refractivity contribution is 5.93. The highest BCUT2D eigenvalue weighted by atomic mass is 16.2. The molecule has 1 aliphatic heterocycles. The van der Waals surface area contributed by atoms with Crippen molar-refractivity contribution in [1.82, 2.24) is 4.90 Å². The van der Waals surface area contributed by atoms with Gasteiger partial charge in [-0.05, 0) is 31.9 Å². The summed E-state index contributed by atoms with van der Waals surface area (Å²) in [5, 5.41) is 2.98. The van der Waals surface area contributed by atoms with Gasteiger partial charge in [0.15, 0.2) is 0 Å². The summed E-state index contributed by atoms with van der Waals surface area (Å²) >= 11 is 0. The number of carbonyl (C=O) groups is 1. The third-order valence-corrected chi connectivity index (χ3v) is 3.65. The maximum absolute atomic E-state index is 12.2. The van der Waals surface area contributed by atoms with Crippen LogP contribution in [0.3, 0.4) is 0 Å². The Morgan fingerprint density at radius 1 is 1.45 bits per heavy atom. The molecular weight excluding hydrogens is 250 g/mol. The highest BCUT2D eigenvalue weighted by Crippen LogP contribution is 2.16. The lowest BCUT2D eigenvalue weighted by atomic mass is 10.1. The Bertz CT molecular complexity index is 510. The Labute approximate surface area is 120 Å². The molecule has 1 amide bonds. The van der Waals surface area contributed by atoms with E-state index in [0.717, 1.165) is 24.2 Å². The molecule has 108 valence electrons. The molecule has 1 aromatic rings. The summed E-state index contributed by atoms with van der Waals surface area (Å²) in [4.78, 5) is 14.3. The van der Waals surface area contributed by atoms with Crippen molar-refractivity contribution in [3.8, 4) is 0 Å². The fourth-order valence-corrected chi connectivity index (χ4v) is 2.53. The van der Waals surface area contributed by atoms with Crippen LogP contribution in [0.5, 0.6) is 0 Å². The topological polar surface area (TPSA) is 58.4 Å². The maximum atomic E-state index is 12.2. The van der Waals surface area contributed by atoms with Crippen molar-refractivity contribution in [2.45, 2.75) is 26.3 Å². The number of anilines is 1. The van der Waals surface area contributed by atoms with Crippen LogP contribution in [-0.4, -0.2) is 36.5 Å². The summed E-state index contributed by atoms with van der Waals surface area (Å²) in [5.74, 6) is 0.0192. The van der Waals surface area contributed by atoms with Gasteiger partial charge in [-0.15, -0.1) is 0 Å².